The summed E-state index contributed by atoms with van der Waals surface area (Å²) in [5.74, 6) is -0.556. The highest BCUT2D eigenvalue weighted by Crippen LogP contribution is 2.17. The van der Waals surface area contributed by atoms with E-state index in [9.17, 15) is 9.59 Å². The fraction of sp³-hybridized carbons (Fsp3) is 0.385. The third-order valence-electron chi connectivity index (χ3n) is 3.05. The zero-order valence-electron chi connectivity index (χ0n) is 10.6. The van der Waals surface area contributed by atoms with Gasteiger partial charge in [0.1, 0.15) is 5.75 Å². The number of nitrogens with zero attached hydrogens (tertiary/aromatic N) is 1. The average Bonchev–Trinajstić information content (AvgIpc) is 2.33. The van der Waals surface area contributed by atoms with E-state index >= 15 is 0 Å². The largest absolute Gasteiger partial charge is 0.497 e. The Balaban J connectivity index is 1.77. The Morgan fingerprint density at radius 3 is 2.53 bits per heavy atom. The summed E-state index contributed by atoms with van der Waals surface area (Å²) < 4.78 is 5.02. The molecule has 1 aromatic rings. The van der Waals surface area contributed by atoms with Gasteiger partial charge in [-0.05, 0) is 24.3 Å². The number of amides is 1. The predicted octanol–water partition coefficient (Wildman–Crippen LogP) is 0.650. The lowest BCUT2D eigenvalue weighted by Crippen LogP contribution is -2.52. The van der Waals surface area contributed by atoms with Crippen molar-refractivity contribution in [1.82, 2.24) is 4.90 Å². The molecule has 6 nitrogen and oxygen atoms in total. The van der Waals surface area contributed by atoms with Gasteiger partial charge >= 0.3 is 5.97 Å². The topological polar surface area (TPSA) is 78.9 Å². The molecule has 1 saturated heterocycles. The third-order valence-corrected chi connectivity index (χ3v) is 3.05. The first-order chi connectivity index (χ1) is 9.08. The van der Waals surface area contributed by atoms with Crippen LogP contribution in [-0.2, 0) is 9.59 Å². The number of rotatable bonds is 5. The molecule has 0 saturated carbocycles. The number of carbonyl (C=O) groups is 2. The van der Waals surface area contributed by atoms with Crippen LogP contribution in [0.5, 0.6) is 5.75 Å². The molecule has 19 heavy (non-hydrogen) atoms. The lowest BCUT2D eigenvalue weighted by molar-refractivity contribution is -0.148. The van der Waals surface area contributed by atoms with Crippen LogP contribution in [0.3, 0.4) is 0 Å². The highest BCUT2D eigenvalue weighted by atomic mass is 16.5. The van der Waals surface area contributed by atoms with Crippen LogP contribution in [-0.4, -0.2) is 48.6 Å². The summed E-state index contributed by atoms with van der Waals surface area (Å²) >= 11 is 0. The van der Waals surface area contributed by atoms with Gasteiger partial charge in [-0.2, -0.15) is 0 Å². The minimum Gasteiger partial charge on any atom is -0.497 e. The summed E-state index contributed by atoms with van der Waals surface area (Å²) in [7, 11) is 1.58. The molecule has 1 aromatic carbocycles. The van der Waals surface area contributed by atoms with Crippen molar-refractivity contribution < 1.29 is 19.4 Å². The first-order valence-corrected chi connectivity index (χ1v) is 5.97. The molecule has 1 amide bonds. The van der Waals surface area contributed by atoms with E-state index in [0.29, 0.717) is 18.8 Å². The van der Waals surface area contributed by atoms with Crippen molar-refractivity contribution in [1.29, 1.82) is 0 Å². The Morgan fingerprint density at radius 1 is 1.37 bits per heavy atom. The van der Waals surface area contributed by atoms with Gasteiger partial charge < -0.3 is 15.2 Å². The summed E-state index contributed by atoms with van der Waals surface area (Å²) in [5.41, 5.74) is 0.695. The number of aliphatic carboxylic acids is 1. The van der Waals surface area contributed by atoms with E-state index in [1.54, 1.807) is 36.3 Å². The molecule has 0 spiro atoms. The number of ether oxygens (including phenoxy) is 1. The normalized spacial score (nSPS) is 15.6. The molecule has 0 atom stereocenters. The highest BCUT2D eigenvalue weighted by molar-refractivity contribution is 5.92. The summed E-state index contributed by atoms with van der Waals surface area (Å²) in [4.78, 5) is 24.1. The van der Waals surface area contributed by atoms with E-state index in [2.05, 4.69) is 5.32 Å². The lowest BCUT2D eigenvalue weighted by Gasteiger charge is -2.35. The molecule has 1 fully saturated rings. The molecule has 2 rings (SSSR count). The zero-order chi connectivity index (χ0) is 13.8. The maximum Gasteiger partial charge on any atom is 0.309 e. The fourth-order valence-electron chi connectivity index (χ4n) is 1.93. The Labute approximate surface area is 111 Å². The van der Waals surface area contributed by atoms with Gasteiger partial charge in [-0.1, -0.05) is 0 Å². The Hall–Kier alpha value is -2.08. The van der Waals surface area contributed by atoms with E-state index in [1.807, 2.05) is 0 Å². The SMILES string of the molecule is COc1ccc(NC(=O)CN2CC(C(=O)O)C2)cc1. The molecule has 2 N–H and O–H groups in total. The smallest absolute Gasteiger partial charge is 0.309 e. The number of benzene rings is 1. The number of carbonyl (C=O) groups excluding carboxylic acids is 1. The molecular formula is C13H16N2O4. The molecule has 0 aromatic heterocycles. The van der Waals surface area contributed by atoms with Gasteiger partial charge in [-0.3, -0.25) is 14.5 Å². The van der Waals surface area contributed by atoms with Gasteiger partial charge in [0.05, 0.1) is 19.6 Å². The summed E-state index contributed by atoms with van der Waals surface area (Å²) in [6.07, 6.45) is 0. The minimum atomic E-state index is -0.799. The summed E-state index contributed by atoms with van der Waals surface area (Å²) in [6, 6.07) is 7.04. The third kappa shape index (κ3) is 3.45. The van der Waals surface area contributed by atoms with Crippen molar-refractivity contribution in [2.75, 3.05) is 32.1 Å². The number of likely N-dealkylation sites (tertiary alicyclic amines) is 1. The quantitative estimate of drug-likeness (QED) is 0.816. The van der Waals surface area contributed by atoms with E-state index in [1.165, 1.54) is 0 Å². The van der Waals surface area contributed by atoms with Crippen molar-refractivity contribution in [2.24, 2.45) is 5.92 Å². The van der Waals surface area contributed by atoms with Gasteiger partial charge in [-0.25, -0.2) is 0 Å². The van der Waals surface area contributed by atoms with Crippen molar-refractivity contribution in [3.63, 3.8) is 0 Å². The van der Waals surface area contributed by atoms with Crippen LogP contribution in [0.15, 0.2) is 24.3 Å². The molecular weight excluding hydrogens is 248 g/mol. The summed E-state index contributed by atoms with van der Waals surface area (Å²) in [5, 5.41) is 11.5. The number of nitrogens with one attached hydrogen (secondary N) is 1. The Morgan fingerprint density at radius 2 is 2.00 bits per heavy atom. The maximum absolute atomic E-state index is 11.7. The molecule has 102 valence electrons. The first kappa shape index (κ1) is 13.4. The Bertz CT molecular complexity index is 466. The van der Waals surface area contributed by atoms with Gasteiger partial charge in [-0.15, -0.1) is 0 Å². The van der Waals surface area contributed by atoms with Crippen molar-refractivity contribution in [2.45, 2.75) is 0 Å². The van der Waals surface area contributed by atoms with Gasteiger partial charge in [0, 0.05) is 18.8 Å². The number of carboxylic acid groups (broad SMARTS) is 1. The van der Waals surface area contributed by atoms with Crippen LogP contribution in [0.1, 0.15) is 0 Å². The van der Waals surface area contributed by atoms with Crippen molar-refractivity contribution >= 4 is 17.6 Å². The van der Waals surface area contributed by atoms with Crippen molar-refractivity contribution in [3.05, 3.63) is 24.3 Å². The fourth-order valence-corrected chi connectivity index (χ4v) is 1.93. The number of hydrogen-bond acceptors (Lipinski definition) is 4. The number of carboxylic acids is 1. The van der Waals surface area contributed by atoms with Crippen LogP contribution in [0.4, 0.5) is 5.69 Å². The second-order valence-electron chi connectivity index (χ2n) is 4.51. The van der Waals surface area contributed by atoms with Crippen LogP contribution < -0.4 is 10.1 Å². The standard InChI is InChI=1S/C13H16N2O4/c1-19-11-4-2-10(3-5-11)14-12(16)8-15-6-9(7-15)13(17)18/h2-5,9H,6-8H2,1H3,(H,14,16)(H,17,18). The first-order valence-electron chi connectivity index (χ1n) is 5.97. The van der Waals surface area contributed by atoms with Crippen LogP contribution in [0.2, 0.25) is 0 Å². The number of anilines is 1. The van der Waals surface area contributed by atoms with Crippen LogP contribution in [0, 0.1) is 5.92 Å². The van der Waals surface area contributed by atoms with Crippen LogP contribution in [0.25, 0.3) is 0 Å². The van der Waals surface area contributed by atoms with E-state index in [4.69, 9.17) is 9.84 Å². The zero-order valence-corrected chi connectivity index (χ0v) is 10.6. The van der Waals surface area contributed by atoms with Crippen LogP contribution >= 0.6 is 0 Å². The second kappa shape index (κ2) is 5.71. The van der Waals surface area contributed by atoms with Crippen molar-refractivity contribution in [3.8, 4) is 5.75 Å². The molecule has 0 unspecified atom stereocenters. The number of methoxy groups -OCH3 is 1. The average molecular weight is 264 g/mol. The van der Waals surface area contributed by atoms with Gasteiger partial charge in [0.15, 0.2) is 0 Å². The van der Waals surface area contributed by atoms with E-state index < -0.39 is 5.97 Å². The second-order valence-corrected chi connectivity index (χ2v) is 4.51. The minimum absolute atomic E-state index is 0.144. The van der Waals surface area contributed by atoms with Gasteiger partial charge in [0.2, 0.25) is 5.91 Å². The predicted molar refractivity (Wildman–Crippen MR) is 69.2 cm³/mol. The maximum atomic E-state index is 11.7. The molecule has 1 aliphatic heterocycles. The Kier molecular flexibility index (Phi) is 4.01. The molecule has 0 radical (unpaired) electrons. The van der Waals surface area contributed by atoms with E-state index in [0.717, 1.165) is 5.75 Å². The molecule has 1 heterocycles. The molecule has 0 aliphatic carbocycles. The monoisotopic (exact) mass is 264 g/mol. The summed E-state index contributed by atoms with van der Waals surface area (Å²) in [6.45, 7) is 1.09. The number of hydrogen-bond donors (Lipinski definition) is 2. The molecule has 1 aliphatic rings. The molecule has 6 heteroatoms. The van der Waals surface area contributed by atoms with Gasteiger partial charge in [0.25, 0.3) is 0 Å². The lowest BCUT2D eigenvalue weighted by atomic mass is 10.0. The molecule has 0 bridgehead atoms. The highest BCUT2D eigenvalue weighted by Gasteiger charge is 2.33. The van der Waals surface area contributed by atoms with E-state index in [-0.39, 0.29) is 18.4 Å².